The summed E-state index contributed by atoms with van der Waals surface area (Å²) in [5, 5.41) is 0. The van der Waals surface area contributed by atoms with Crippen molar-refractivity contribution in [2.75, 3.05) is 57.8 Å². The van der Waals surface area contributed by atoms with Gasteiger partial charge in [0.2, 0.25) is 0 Å². The van der Waals surface area contributed by atoms with E-state index in [1.807, 2.05) is 11.8 Å². The molecule has 0 aromatic rings. The first kappa shape index (κ1) is 34.8. The average Bonchev–Trinajstić information content (AvgIpc) is 3.32. The van der Waals surface area contributed by atoms with E-state index in [9.17, 15) is 0 Å². The van der Waals surface area contributed by atoms with E-state index < -0.39 is 0 Å². The Bertz CT molecular complexity index is 816. The van der Waals surface area contributed by atoms with Crippen LogP contribution in [0.5, 0.6) is 0 Å². The van der Waals surface area contributed by atoms with Crippen LogP contribution >= 0.6 is 11.8 Å². The standard InChI is InChI=1S/C37H66O4S/c1-7-42-26-25-40-22-21-38-19-20-39-23-24-41-31-15-17-36(5)30(27-31)11-12-32-34-14-13-33(29(4)10-8-9-28(2)3)37(34,6)18-16-35(32)36/h11,28-29,31-35H,7-10,12-27H2,1-6H3/t29?,31-,32?,33?,34?,35?,36?,37?/m0/s1. The molecule has 4 aliphatic carbocycles. The van der Waals surface area contributed by atoms with Gasteiger partial charge in [0, 0.05) is 5.75 Å². The first-order chi connectivity index (χ1) is 20.3. The SMILES string of the molecule is CCSCCOCCOCCOCCO[C@H]1CCC2(C)C(=CCC3C2CCC2(C)C(C(C)CCCC(C)C)CCC32)C1. The highest BCUT2D eigenvalue weighted by atomic mass is 32.2. The van der Waals surface area contributed by atoms with Gasteiger partial charge in [0.1, 0.15) is 0 Å². The zero-order chi connectivity index (χ0) is 30.0. The van der Waals surface area contributed by atoms with Gasteiger partial charge in [-0.05, 0) is 103 Å². The molecule has 42 heavy (non-hydrogen) atoms. The van der Waals surface area contributed by atoms with Crippen molar-refractivity contribution in [3.05, 3.63) is 11.6 Å². The van der Waals surface area contributed by atoms with Crippen LogP contribution in [0.3, 0.4) is 0 Å². The van der Waals surface area contributed by atoms with Gasteiger partial charge in [-0.25, -0.2) is 0 Å². The lowest BCUT2D eigenvalue weighted by atomic mass is 9.47. The molecule has 4 aliphatic rings. The maximum absolute atomic E-state index is 6.35. The molecule has 0 N–H and O–H groups in total. The monoisotopic (exact) mass is 606 g/mol. The van der Waals surface area contributed by atoms with E-state index in [0.29, 0.717) is 56.6 Å². The molecule has 7 unspecified atom stereocenters. The summed E-state index contributed by atoms with van der Waals surface area (Å²) >= 11 is 1.91. The third-order valence-corrected chi connectivity index (χ3v) is 13.0. The lowest BCUT2D eigenvalue weighted by Gasteiger charge is -2.58. The Kier molecular flexibility index (Phi) is 14.1. The van der Waals surface area contributed by atoms with Gasteiger partial charge in [-0.1, -0.05) is 72.5 Å². The molecule has 0 amide bonds. The van der Waals surface area contributed by atoms with Crippen LogP contribution in [-0.4, -0.2) is 63.9 Å². The fourth-order valence-electron chi connectivity index (χ4n) is 9.87. The van der Waals surface area contributed by atoms with Gasteiger partial charge in [0.05, 0.1) is 52.4 Å². The van der Waals surface area contributed by atoms with Crippen LogP contribution in [0.2, 0.25) is 0 Å². The maximum Gasteiger partial charge on any atom is 0.0704 e. The molecule has 3 fully saturated rings. The molecule has 0 aromatic heterocycles. The second-order valence-corrected chi connectivity index (χ2v) is 16.5. The molecule has 0 spiro atoms. The highest BCUT2D eigenvalue weighted by Gasteiger charge is 2.59. The number of ether oxygens (including phenoxy) is 4. The van der Waals surface area contributed by atoms with Crippen molar-refractivity contribution in [1.82, 2.24) is 0 Å². The zero-order valence-electron chi connectivity index (χ0n) is 28.3. The zero-order valence-corrected chi connectivity index (χ0v) is 29.1. The smallest absolute Gasteiger partial charge is 0.0704 e. The van der Waals surface area contributed by atoms with E-state index in [1.165, 1.54) is 64.2 Å². The molecular weight excluding hydrogens is 540 g/mol. The molecule has 3 saturated carbocycles. The molecule has 0 aromatic carbocycles. The number of rotatable bonds is 19. The van der Waals surface area contributed by atoms with E-state index in [4.69, 9.17) is 18.9 Å². The fourth-order valence-corrected chi connectivity index (χ4v) is 10.4. The second kappa shape index (κ2) is 17.0. The first-order valence-corrected chi connectivity index (χ1v) is 19.1. The van der Waals surface area contributed by atoms with Crippen molar-refractivity contribution < 1.29 is 18.9 Å². The summed E-state index contributed by atoms with van der Waals surface area (Å²) < 4.78 is 23.3. The number of hydrogen-bond acceptors (Lipinski definition) is 5. The minimum Gasteiger partial charge on any atom is -0.378 e. The summed E-state index contributed by atoms with van der Waals surface area (Å²) in [6.45, 7) is 19.6. The Labute approximate surface area is 264 Å². The summed E-state index contributed by atoms with van der Waals surface area (Å²) in [6, 6.07) is 0. The molecule has 0 radical (unpaired) electrons. The van der Waals surface area contributed by atoms with Crippen LogP contribution in [-0.2, 0) is 18.9 Å². The van der Waals surface area contributed by atoms with Crippen LogP contribution in [0, 0.1) is 46.3 Å². The van der Waals surface area contributed by atoms with Gasteiger partial charge in [-0.2, -0.15) is 11.8 Å². The van der Waals surface area contributed by atoms with E-state index in [-0.39, 0.29) is 0 Å². The average molecular weight is 607 g/mol. The lowest BCUT2D eigenvalue weighted by molar-refractivity contribution is -0.0691. The third kappa shape index (κ3) is 8.80. The topological polar surface area (TPSA) is 36.9 Å². The molecule has 0 saturated heterocycles. The van der Waals surface area contributed by atoms with Gasteiger partial charge in [-0.3, -0.25) is 0 Å². The minimum atomic E-state index is 0.361. The van der Waals surface area contributed by atoms with Crippen molar-refractivity contribution in [3.63, 3.8) is 0 Å². The van der Waals surface area contributed by atoms with Gasteiger partial charge in [-0.15, -0.1) is 0 Å². The number of allylic oxidation sites excluding steroid dienone is 1. The fraction of sp³-hybridized carbons (Fsp3) is 0.946. The van der Waals surface area contributed by atoms with Crippen LogP contribution < -0.4 is 0 Å². The Balaban J connectivity index is 1.16. The predicted octanol–water partition coefficient (Wildman–Crippen LogP) is 9.22. The van der Waals surface area contributed by atoms with E-state index in [0.717, 1.165) is 60.0 Å². The maximum atomic E-state index is 6.35. The van der Waals surface area contributed by atoms with Crippen molar-refractivity contribution in [1.29, 1.82) is 0 Å². The van der Waals surface area contributed by atoms with E-state index >= 15 is 0 Å². The highest BCUT2D eigenvalue weighted by molar-refractivity contribution is 7.99. The molecule has 0 aliphatic heterocycles. The Morgan fingerprint density at radius 2 is 1.55 bits per heavy atom. The lowest BCUT2D eigenvalue weighted by Crippen LogP contribution is -2.51. The summed E-state index contributed by atoms with van der Waals surface area (Å²) in [5.74, 6) is 7.63. The van der Waals surface area contributed by atoms with Crippen LogP contribution in [0.1, 0.15) is 112 Å². The van der Waals surface area contributed by atoms with Crippen LogP contribution in [0.25, 0.3) is 0 Å². The molecular formula is C37H66O4S. The van der Waals surface area contributed by atoms with Gasteiger partial charge in [0.15, 0.2) is 0 Å². The molecule has 4 nitrogen and oxygen atoms in total. The van der Waals surface area contributed by atoms with Crippen molar-refractivity contribution in [2.45, 2.75) is 118 Å². The number of fused-ring (bicyclic) bond motifs is 5. The van der Waals surface area contributed by atoms with Crippen molar-refractivity contribution in [3.8, 4) is 0 Å². The Morgan fingerprint density at radius 1 is 0.833 bits per heavy atom. The molecule has 4 rings (SSSR count). The number of hydrogen-bond donors (Lipinski definition) is 0. The minimum absolute atomic E-state index is 0.361. The molecule has 8 atom stereocenters. The highest BCUT2D eigenvalue weighted by Crippen LogP contribution is 2.67. The summed E-state index contributed by atoms with van der Waals surface area (Å²) in [6.07, 6.45) is 18.2. The summed E-state index contributed by atoms with van der Waals surface area (Å²) in [4.78, 5) is 0. The molecule has 5 heteroatoms. The predicted molar refractivity (Wildman–Crippen MR) is 178 cm³/mol. The largest absolute Gasteiger partial charge is 0.378 e. The number of thioether (sulfide) groups is 1. The molecule has 244 valence electrons. The van der Waals surface area contributed by atoms with E-state index in [2.05, 4.69) is 47.6 Å². The van der Waals surface area contributed by atoms with Crippen LogP contribution in [0.15, 0.2) is 11.6 Å². The molecule has 0 heterocycles. The van der Waals surface area contributed by atoms with Gasteiger partial charge < -0.3 is 18.9 Å². The second-order valence-electron chi connectivity index (χ2n) is 15.1. The van der Waals surface area contributed by atoms with Crippen molar-refractivity contribution >= 4 is 11.8 Å². The molecule has 0 bridgehead atoms. The van der Waals surface area contributed by atoms with Crippen molar-refractivity contribution in [2.24, 2.45) is 46.3 Å². The Morgan fingerprint density at radius 3 is 2.26 bits per heavy atom. The normalized spacial score (nSPS) is 35.0. The first-order valence-electron chi connectivity index (χ1n) is 17.9. The summed E-state index contributed by atoms with van der Waals surface area (Å²) in [7, 11) is 0. The van der Waals surface area contributed by atoms with E-state index in [1.54, 1.807) is 5.57 Å². The van der Waals surface area contributed by atoms with Gasteiger partial charge in [0.25, 0.3) is 0 Å². The third-order valence-electron chi connectivity index (χ3n) is 12.2. The van der Waals surface area contributed by atoms with Crippen LogP contribution in [0.4, 0.5) is 0 Å². The summed E-state index contributed by atoms with van der Waals surface area (Å²) in [5.41, 5.74) is 2.70. The quantitative estimate of drug-likeness (QED) is 0.108. The van der Waals surface area contributed by atoms with Gasteiger partial charge >= 0.3 is 0 Å². The Hall–Kier alpha value is -0.0700.